The summed E-state index contributed by atoms with van der Waals surface area (Å²) in [6.07, 6.45) is -0.520. The van der Waals surface area contributed by atoms with Crippen molar-refractivity contribution in [1.29, 1.82) is 0 Å². The van der Waals surface area contributed by atoms with Crippen molar-refractivity contribution < 1.29 is 9.53 Å². The van der Waals surface area contributed by atoms with Gasteiger partial charge >= 0.3 is 0 Å². The lowest BCUT2D eigenvalue weighted by molar-refractivity contribution is -0.127. The van der Waals surface area contributed by atoms with Gasteiger partial charge in [-0.25, -0.2) is 0 Å². The maximum absolute atomic E-state index is 12.3. The summed E-state index contributed by atoms with van der Waals surface area (Å²) < 4.78 is 5.89. The van der Waals surface area contributed by atoms with Crippen LogP contribution < -0.4 is 10.1 Å². The van der Waals surface area contributed by atoms with E-state index >= 15 is 0 Å². The lowest BCUT2D eigenvalue weighted by Crippen LogP contribution is -2.38. The molecule has 0 spiro atoms. The van der Waals surface area contributed by atoms with Crippen LogP contribution in [-0.2, 0) is 4.79 Å². The van der Waals surface area contributed by atoms with Crippen LogP contribution in [0.3, 0.4) is 0 Å². The fourth-order valence-corrected chi connectivity index (χ4v) is 2.61. The van der Waals surface area contributed by atoms with E-state index < -0.39 is 6.10 Å². The van der Waals surface area contributed by atoms with E-state index in [9.17, 15) is 4.79 Å². The molecule has 0 heterocycles. The maximum Gasteiger partial charge on any atom is 0.260 e. The van der Waals surface area contributed by atoms with Crippen LogP contribution >= 0.6 is 0 Å². The van der Waals surface area contributed by atoms with E-state index in [0.29, 0.717) is 12.5 Å². The van der Waals surface area contributed by atoms with Crippen LogP contribution in [0.4, 0.5) is 0 Å². The molecule has 0 fully saturated rings. The third-order valence-electron chi connectivity index (χ3n) is 4.17. The quantitative estimate of drug-likeness (QED) is 0.814. The molecule has 3 nitrogen and oxygen atoms in total. The van der Waals surface area contributed by atoms with E-state index in [4.69, 9.17) is 4.74 Å². The topological polar surface area (TPSA) is 38.3 Å². The van der Waals surface area contributed by atoms with Gasteiger partial charge in [0.1, 0.15) is 5.75 Å². The van der Waals surface area contributed by atoms with E-state index in [1.807, 2.05) is 42.5 Å². The normalized spacial score (nSPS) is 13.4. The molecule has 0 radical (unpaired) electrons. The van der Waals surface area contributed by atoms with Gasteiger partial charge < -0.3 is 10.1 Å². The number of ether oxygens (including phenoxy) is 1. The van der Waals surface area contributed by atoms with Crippen LogP contribution in [0.25, 0.3) is 0 Å². The summed E-state index contributed by atoms with van der Waals surface area (Å²) in [6, 6.07) is 18.1. The van der Waals surface area contributed by atoms with Crippen molar-refractivity contribution in [3.8, 4) is 5.75 Å². The first kappa shape index (κ1) is 18.1. The second-order valence-corrected chi connectivity index (χ2v) is 6.51. The van der Waals surface area contributed by atoms with E-state index in [2.05, 4.69) is 38.2 Å². The third kappa shape index (κ3) is 4.85. The van der Waals surface area contributed by atoms with Crippen LogP contribution in [-0.4, -0.2) is 18.6 Å². The minimum atomic E-state index is -0.520. The molecule has 0 aromatic heterocycles. The molecule has 1 amide bonds. The Bertz CT molecular complexity index is 652. The first-order chi connectivity index (χ1) is 11.5. The Morgan fingerprint density at radius 1 is 0.958 bits per heavy atom. The molecule has 2 aromatic carbocycles. The van der Waals surface area contributed by atoms with Crippen LogP contribution in [0, 0.1) is 0 Å². The van der Waals surface area contributed by atoms with Crippen LogP contribution in [0.5, 0.6) is 5.75 Å². The van der Waals surface area contributed by atoms with Crippen LogP contribution in [0.15, 0.2) is 54.6 Å². The lowest BCUT2D eigenvalue weighted by Gasteiger charge is -2.20. The zero-order valence-corrected chi connectivity index (χ0v) is 15.0. The second kappa shape index (κ2) is 8.53. The highest BCUT2D eigenvalue weighted by molar-refractivity contribution is 5.80. The minimum absolute atomic E-state index is 0.0867. The molecule has 3 heteroatoms. The summed E-state index contributed by atoms with van der Waals surface area (Å²) in [6.45, 7) is 8.74. The minimum Gasteiger partial charge on any atom is -0.481 e. The number of carbonyl (C=O) groups is 1. The largest absolute Gasteiger partial charge is 0.481 e. The summed E-state index contributed by atoms with van der Waals surface area (Å²) in [5.74, 6) is 1.32. The molecule has 2 aromatic rings. The first-order valence-electron chi connectivity index (χ1n) is 8.57. The Hall–Kier alpha value is -2.29. The average Bonchev–Trinajstić information content (AvgIpc) is 2.60. The Morgan fingerprint density at radius 2 is 1.58 bits per heavy atom. The van der Waals surface area contributed by atoms with Crippen molar-refractivity contribution in [3.05, 3.63) is 65.7 Å². The Balaban J connectivity index is 1.91. The summed E-state index contributed by atoms with van der Waals surface area (Å²) in [5.41, 5.74) is 2.34. The molecule has 0 saturated carbocycles. The van der Waals surface area contributed by atoms with Crippen molar-refractivity contribution >= 4 is 5.91 Å². The number of hydrogen-bond donors (Lipinski definition) is 1. The summed E-state index contributed by atoms with van der Waals surface area (Å²) in [4.78, 5) is 12.3. The number of nitrogens with one attached hydrogen (secondary N) is 1. The van der Waals surface area contributed by atoms with Crippen molar-refractivity contribution in [1.82, 2.24) is 5.32 Å². The van der Waals surface area contributed by atoms with Gasteiger partial charge in [0.15, 0.2) is 6.10 Å². The molecule has 128 valence electrons. The number of benzene rings is 2. The fourth-order valence-electron chi connectivity index (χ4n) is 2.61. The predicted molar refractivity (Wildman–Crippen MR) is 98.5 cm³/mol. The number of amides is 1. The smallest absolute Gasteiger partial charge is 0.260 e. The lowest BCUT2D eigenvalue weighted by atomic mass is 10.0. The highest BCUT2D eigenvalue weighted by Crippen LogP contribution is 2.26. The van der Waals surface area contributed by atoms with Crippen LogP contribution in [0.1, 0.15) is 50.7 Å². The molecule has 1 N–H and O–H groups in total. The van der Waals surface area contributed by atoms with Gasteiger partial charge in [0, 0.05) is 6.54 Å². The van der Waals surface area contributed by atoms with E-state index in [1.54, 1.807) is 6.92 Å². The molecular weight excluding hydrogens is 298 g/mol. The van der Waals surface area contributed by atoms with Gasteiger partial charge in [0.05, 0.1) is 0 Å². The molecule has 2 atom stereocenters. The molecule has 2 rings (SSSR count). The van der Waals surface area contributed by atoms with Crippen molar-refractivity contribution in [2.75, 3.05) is 6.54 Å². The van der Waals surface area contributed by atoms with Crippen molar-refractivity contribution in [2.45, 2.75) is 45.6 Å². The highest BCUT2D eigenvalue weighted by Gasteiger charge is 2.18. The zero-order chi connectivity index (χ0) is 17.5. The van der Waals surface area contributed by atoms with Gasteiger partial charge in [0.2, 0.25) is 0 Å². The standard InChI is InChI=1S/C21H27NO2/c1-15(2)19-12-8-9-13-20(19)24-17(4)21(23)22-14-16(3)18-10-6-5-7-11-18/h5-13,15-17H,14H2,1-4H3,(H,22,23)/t16-,17+/m0/s1. The van der Waals surface area contributed by atoms with Gasteiger partial charge in [-0.1, -0.05) is 69.3 Å². The molecule has 24 heavy (non-hydrogen) atoms. The maximum atomic E-state index is 12.3. The van der Waals surface area contributed by atoms with E-state index in [1.165, 1.54) is 5.56 Å². The molecule has 0 saturated heterocycles. The van der Waals surface area contributed by atoms with Gasteiger partial charge in [-0.15, -0.1) is 0 Å². The first-order valence-corrected chi connectivity index (χ1v) is 8.57. The van der Waals surface area contributed by atoms with Gasteiger partial charge in [-0.05, 0) is 36.0 Å². The number of para-hydroxylation sites is 1. The highest BCUT2D eigenvalue weighted by atomic mass is 16.5. The summed E-state index contributed by atoms with van der Waals surface area (Å²) in [7, 11) is 0. The Kier molecular flexibility index (Phi) is 6.42. The molecule has 0 aliphatic carbocycles. The molecule has 0 aliphatic heterocycles. The summed E-state index contributed by atoms with van der Waals surface area (Å²) in [5, 5.41) is 2.99. The SMILES string of the molecule is CC(C)c1ccccc1O[C@H](C)C(=O)NC[C@H](C)c1ccccc1. The monoisotopic (exact) mass is 325 g/mol. The zero-order valence-electron chi connectivity index (χ0n) is 15.0. The van der Waals surface area contributed by atoms with Crippen molar-refractivity contribution in [2.24, 2.45) is 0 Å². The summed E-state index contributed by atoms with van der Waals surface area (Å²) >= 11 is 0. The molecule has 0 unspecified atom stereocenters. The van der Waals surface area contributed by atoms with E-state index in [-0.39, 0.29) is 11.8 Å². The number of rotatable bonds is 7. The average molecular weight is 325 g/mol. The molecule has 0 aliphatic rings. The predicted octanol–water partition coefficient (Wildman–Crippen LogP) is 4.50. The number of hydrogen-bond acceptors (Lipinski definition) is 2. The van der Waals surface area contributed by atoms with Crippen LogP contribution in [0.2, 0.25) is 0 Å². The molecule has 0 bridgehead atoms. The Morgan fingerprint density at radius 3 is 2.25 bits per heavy atom. The second-order valence-electron chi connectivity index (χ2n) is 6.51. The third-order valence-corrected chi connectivity index (χ3v) is 4.17. The fraction of sp³-hybridized carbons (Fsp3) is 0.381. The Labute approximate surface area is 145 Å². The van der Waals surface area contributed by atoms with Gasteiger partial charge in [-0.2, -0.15) is 0 Å². The van der Waals surface area contributed by atoms with Crippen molar-refractivity contribution in [3.63, 3.8) is 0 Å². The molecular formula is C21H27NO2. The van der Waals surface area contributed by atoms with Gasteiger partial charge in [-0.3, -0.25) is 4.79 Å². The van der Waals surface area contributed by atoms with Gasteiger partial charge in [0.25, 0.3) is 5.91 Å². The van der Waals surface area contributed by atoms with E-state index in [0.717, 1.165) is 11.3 Å². The number of carbonyl (C=O) groups excluding carboxylic acids is 1.